The van der Waals surface area contributed by atoms with Gasteiger partial charge >= 0.3 is 0 Å². The third-order valence-corrected chi connectivity index (χ3v) is 4.02. The number of nitrogens with two attached hydrogens (primary N) is 1. The van der Waals surface area contributed by atoms with Crippen molar-refractivity contribution in [1.82, 2.24) is 0 Å². The fourth-order valence-corrected chi connectivity index (χ4v) is 2.66. The molecular weight excluding hydrogens is 284 g/mol. The first-order chi connectivity index (χ1) is 11.2. The predicted octanol–water partition coefficient (Wildman–Crippen LogP) is 3.10. The van der Waals surface area contributed by atoms with E-state index in [9.17, 15) is 4.79 Å². The number of rotatable bonds is 5. The number of hydrogen-bond donors (Lipinski definition) is 2. The van der Waals surface area contributed by atoms with Crippen LogP contribution in [0.25, 0.3) is 10.8 Å². The zero-order valence-corrected chi connectivity index (χ0v) is 13.2. The van der Waals surface area contributed by atoms with Crippen molar-refractivity contribution in [3.05, 3.63) is 78.4 Å². The Hall–Kier alpha value is -2.65. The number of fused-ring (bicyclic) bond motifs is 1. The quantitative estimate of drug-likeness (QED) is 0.747. The molecule has 3 heteroatoms. The van der Waals surface area contributed by atoms with Gasteiger partial charge in [0.15, 0.2) is 6.54 Å². The van der Waals surface area contributed by atoms with Crippen molar-refractivity contribution in [2.24, 2.45) is 0 Å². The van der Waals surface area contributed by atoms with Crippen LogP contribution in [0.1, 0.15) is 18.5 Å². The molecule has 116 valence electrons. The van der Waals surface area contributed by atoms with E-state index in [1.807, 2.05) is 53.8 Å². The SMILES string of the molecule is C[C@H]([NH2+]CC(=O)Nc1ccc2ccccc2c1)c1ccccc1. The molecule has 0 saturated heterocycles. The molecule has 0 heterocycles. The molecule has 0 aliphatic heterocycles. The summed E-state index contributed by atoms with van der Waals surface area (Å²) in [5.74, 6) is 0.0167. The Morgan fingerprint density at radius 3 is 2.43 bits per heavy atom. The molecule has 3 aromatic carbocycles. The van der Waals surface area contributed by atoms with Crippen molar-refractivity contribution in [3.8, 4) is 0 Å². The van der Waals surface area contributed by atoms with Crippen molar-refractivity contribution in [2.75, 3.05) is 11.9 Å². The van der Waals surface area contributed by atoms with E-state index < -0.39 is 0 Å². The number of amides is 1. The van der Waals surface area contributed by atoms with Gasteiger partial charge in [0.25, 0.3) is 5.91 Å². The predicted molar refractivity (Wildman–Crippen MR) is 94.2 cm³/mol. The Morgan fingerprint density at radius 2 is 1.65 bits per heavy atom. The van der Waals surface area contributed by atoms with Crippen molar-refractivity contribution in [3.63, 3.8) is 0 Å². The van der Waals surface area contributed by atoms with Crippen LogP contribution in [0, 0.1) is 0 Å². The van der Waals surface area contributed by atoms with Crippen LogP contribution < -0.4 is 10.6 Å². The van der Waals surface area contributed by atoms with Gasteiger partial charge in [0.05, 0.1) is 0 Å². The Labute approximate surface area is 136 Å². The van der Waals surface area contributed by atoms with Crippen LogP contribution in [0.2, 0.25) is 0 Å². The number of nitrogens with one attached hydrogen (secondary N) is 1. The monoisotopic (exact) mass is 305 g/mol. The average Bonchev–Trinajstić information content (AvgIpc) is 2.60. The summed E-state index contributed by atoms with van der Waals surface area (Å²) in [7, 11) is 0. The zero-order valence-electron chi connectivity index (χ0n) is 13.2. The van der Waals surface area contributed by atoms with E-state index in [1.54, 1.807) is 0 Å². The van der Waals surface area contributed by atoms with E-state index in [2.05, 4.69) is 36.5 Å². The largest absolute Gasteiger partial charge is 0.333 e. The van der Waals surface area contributed by atoms with Gasteiger partial charge in [0, 0.05) is 11.3 Å². The summed E-state index contributed by atoms with van der Waals surface area (Å²) in [6, 6.07) is 24.6. The molecule has 0 radical (unpaired) electrons. The number of benzene rings is 3. The van der Waals surface area contributed by atoms with Crippen molar-refractivity contribution < 1.29 is 10.1 Å². The van der Waals surface area contributed by atoms with Gasteiger partial charge in [-0.1, -0.05) is 60.7 Å². The molecule has 3 N–H and O–H groups in total. The van der Waals surface area contributed by atoms with Gasteiger partial charge in [-0.3, -0.25) is 4.79 Å². The van der Waals surface area contributed by atoms with Gasteiger partial charge in [0.2, 0.25) is 0 Å². The number of carbonyl (C=O) groups excluding carboxylic acids is 1. The van der Waals surface area contributed by atoms with Gasteiger partial charge < -0.3 is 10.6 Å². The second kappa shape index (κ2) is 7.07. The molecule has 23 heavy (non-hydrogen) atoms. The van der Waals surface area contributed by atoms with Gasteiger partial charge in [0.1, 0.15) is 6.04 Å². The highest BCUT2D eigenvalue weighted by Gasteiger charge is 2.11. The van der Waals surface area contributed by atoms with Crippen LogP contribution >= 0.6 is 0 Å². The third kappa shape index (κ3) is 3.96. The second-order valence-electron chi connectivity index (χ2n) is 5.75. The summed E-state index contributed by atoms with van der Waals surface area (Å²) in [5.41, 5.74) is 2.07. The van der Waals surface area contributed by atoms with Crippen LogP contribution in [0.5, 0.6) is 0 Å². The highest BCUT2D eigenvalue weighted by atomic mass is 16.1. The molecule has 0 aliphatic carbocycles. The average molecular weight is 305 g/mol. The molecule has 0 aromatic heterocycles. The van der Waals surface area contributed by atoms with E-state index in [1.165, 1.54) is 10.9 Å². The summed E-state index contributed by atoms with van der Waals surface area (Å²) in [6.07, 6.45) is 0. The van der Waals surface area contributed by atoms with E-state index in [4.69, 9.17) is 0 Å². The molecule has 0 unspecified atom stereocenters. The highest BCUT2D eigenvalue weighted by molar-refractivity contribution is 5.94. The fraction of sp³-hybridized carbons (Fsp3) is 0.150. The summed E-state index contributed by atoms with van der Waals surface area (Å²) >= 11 is 0. The van der Waals surface area contributed by atoms with Gasteiger partial charge in [-0.05, 0) is 29.8 Å². The van der Waals surface area contributed by atoms with Crippen LogP contribution in [0.4, 0.5) is 5.69 Å². The molecule has 0 saturated carbocycles. The van der Waals surface area contributed by atoms with Crippen LogP contribution in [0.3, 0.4) is 0 Å². The molecule has 0 fully saturated rings. The first kappa shape index (κ1) is 15.3. The minimum absolute atomic E-state index is 0.0167. The number of anilines is 1. The smallest absolute Gasteiger partial charge is 0.279 e. The van der Waals surface area contributed by atoms with Crippen LogP contribution in [-0.4, -0.2) is 12.5 Å². The third-order valence-electron chi connectivity index (χ3n) is 4.02. The Kier molecular flexibility index (Phi) is 4.69. The lowest BCUT2D eigenvalue weighted by molar-refractivity contribution is -0.682. The van der Waals surface area contributed by atoms with Crippen LogP contribution in [-0.2, 0) is 4.79 Å². The summed E-state index contributed by atoms with van der Waals surface area (Å²) in [5, 5.41) is 7.33. The topological polar surface area (TPSA) is 45.7 Å². The minimum Gasteiger partial charge on any atom is -0.333 e. The van der Waals surface area contributed by atoms with E-state index in [0.717, 1.165) is 11.1 Å². The number of hydrogen-bond acceptors (Lipinski definition) is 1. The van der Waals surface area contributed by atoms with Gasteiger partial charge in [-0.25, -0.2) is 0 Å². The van der Waals surface area contributed by atoms with E-state index >= 15 is 0 Å². The maximum absolute atomic E-state index is 12.1. The Balaban J connectivity index is 1.58. The lowest BCUT2D eigenvalue weighted by Gasteiger charge is -2.11. The van der Waals surface area contributed by atoms with E-state index in [0.29, 0.717) is 6.54 Å². The second-order valence-corrected chi connectivity index (χ2v) is 5.75. The maximum atomic E-state index is 12.1. The Morgan fingerprint density at radius 1 is 0.957 bits per heavy atom. The summed E-state index contributed by atoms with van der Waals surface area (Å²) in [4.78, 5) is 12.1. The summed E-state index contributed by atoms with van der Waals surface area (Å²) < 4.78 is 0. The van der Waals surface area contributed by atoms with Crippen LogP contribution in [0.15, 0.2) is 72.8 Å². The molecular formula is C20H21N2O+. The summed E-state index contributed by atoms with van der Waals surface area (Å²) in [6.45, 7) is 2.52. The molecule has 0 spiro atoms. The maximum Gasteiger partial charge on any atom is 0.279 e. The molecule has 3 aromatic rings. The fourth-order valence-electron chi connectivity index (χ4n) is 2.66. The highest BCUT2D eigenvalue weighted by Crippen LogP contribution is 2.18. The lowest BCUT2D eigenvalue weighted by Crippen LogP contribution is -2.86. The molecule has 0 aliphatic rings. The molecule has 3 nitrogen and oxygen atoms in total. The molecule has 1 atom stereocenters. The van der Waals surface area contributed by atoms with Gasteiger partial charge in [-0.15, -0.1) is 0 Å². The number of carbonyl (C=O) groups is 1. The van der Waals surface area contributed by atoms with Crippen molar-refractivity contribution in [1.29, 1.82) is 0 Å². The lowest BCUT2D eigenvalue weighted by atomic mass is 10.1. The number of quaternary nitrogens is 1. The molecule has 3 rings (SSSR count). The first-order valence-corrected chi connectivity index (χ1v) is 7.89. The van der Waals surface area contributed by atoms with E-state index in [-0.39, 0.29) is 11.9 Å². The van der Waals surface area contributed by atoms with Gasteiger partial charge in [-0.2, -0.15) is 0 Å². The van der Waals surface area contributed by atoms with Crippen molar-refractivity contribution in [2.45, 2.75) is 13.0 Å². The first-order valence-electron chi connectivity index (χ1n) is 7.89. The Bertz CT molecular complexity index is 799. The van der Waals surface area contributed by atoms with Crippen molar-refractivity contribution >= 4 is 22.4 Å². The molecule has 0 bridgehead atoms. The minimum atomic E-state index is 0.0167. The molecule has 1 amide bonds. The standard InChI is InChI=1S/C20H20N2O/c1-15(16-7-3-2-4-8-16)21-14-20(23)22-19-12-11-17-9-5-6-10-18(17)13-19/h2-13,15,21H,14H2,1H3,(H,22,23)/p+1/t15-/m0/s1. The normalized spacial score (nSPS) is 12.0. The zero-order chi connectivity index (χ0) is 16.1.